The summed E-state index contributed by atoms with van der Waals surface area (Å²) < 4.78 is 6.33. The van der Waals surface area contributed by atoms with Crippen LogP contribution in [0.5, 0.6) is 5.75 Å². The minimum atomic E-state index is -0.358. The van der Waals surface area contributed by atoms with Crippen molar-refractivity contribution in [3.8, 4) is 5.75 Å². The predicted molar refractivity (Wildman–Crippen MR) is 108 cm³/mol. The number of hydrogen-bond acceptors (Lipinski definition) is 3. The van der Waals surface area contributed by atoms with Crippen molar-refractivity contribution in [3.05, 3.63) is 99.5 Å². The third kappa shape index (κ3) is 2.88. The van der Waals surface area contributed by atoms with E-state index < -0.39 is 0 Å². The highest BCUT2D eigenvalue weighted by Gasteiger charge is 2.41. The summed E-state index contributed by atoms with van der Waals surface area (Å²) in [5.74, 6) is 0.885. The Morgan fingerprint density at radius 2 is 1.56 bits per heavy atom. The summed E-state index contributed by atoms with van der Waals surface area (Å²) in [5, 5.41) is 8.36. The molecule has 0 saturated carbocycles. The fraction of sp³-hybridized carbons (Fsp3) is 0.136. The van der Waals surface area contributed by atoms with Crippen LogP contribution in [0.15, 0.2) is 77.9 Å². The van der Waals surface area contributed by atoms with Crippen molar-refractivity contribution < 1.29 is 4.74 Å². The molecule has 2 aliphatic heterocycles. The molecule has 0 saturated heterocycles. The highest BCUT2D eigenvalue weighted by molar-refractivity contribution is 6.31. The largest absolute Gasteiger partial charge is 0.464 e. The molecule has 5 heteroatoms. The molecule has 3 nitrogen and oxygen atoms in total. The van der Waals surface area contributed by atoms with Crippen LogP contribution < -0.4 is 4.74 Å². The van der Waals surface area contributed by atoms with Crippen molar-refractivity contribution in [2.45, 2.75) is 18.7 Å². The fourth-order valence-electron chi connectivity index (χ4n) is 3.73. The van der Waals surface area contributed by atoms with E-state index in [4.69, 9.17) is 33.0 Å². The van der Waals surface area contributed by atoms with Crippen LogP contribution in [0.2, 0.25) is 10.0 Å². The standard InChI is InChI=1S/C22H16Cl2N2O/c23-15-11-9-14(10-12-15)19-13-20-17-6-2-4-8-21(17)27-22(26(20)25-19)16-5-1-3-7-18(16)24/h1-12,20,22H,13H2/t20-,22+/m0/s1. The molecule has 0 unspecified atom stereocenters. The number of hydrogen-bond donors (Lipinski definition) is 0. The molecular weight excluding hydrogens is 379 g/mol. The van der Waals surface area contributed by atoms with E-state index in [1.54, 1.807) is 0 Å². The number of para-hydroxylation sites is 1. The molecule has 0 N–H and O–H groups in total. The van der Waals surface area contributed by atoms with Gasteiger partial charge in [-0.05, 0) is 29.8 Å². The number of benzene rings is 3. The molecule has 0 amide bonds. The maximum absolute atomic E-state index is 6.48. The number of halogens is 2. The topological polar surface area (TPSA) is 24.8 Å². The lowest BCUT2D eigenvalue weighted by molar-refractivity contribution is -0.0189. The Morgan fingerprint density at radius 1 is 0.852 bits per heavy atom. The summed E-state index contributed by atoms with van der Waals surface area (Å²) in [6.07, 6.45) is 0.451. The van der Waals surface area contributed by atoms with Gasteiger partial charge < -0.3 is 4.74 Å². The Hall–Kier alpha value is -2.49. The van der Waals surface area contributed by atoms with Gasteiger partial charge in [0.05, 0.1) is 11.8 Å². The molecule has 3 aromatic carbocycles. The van der Waals surface area contributed by atoms with Crippen LogP contribution in [0.25, 0.3) is 0 Å². The number of nitrogens with zero attached hydrogens (tertiary/aromatic N) is 2. The van der Waals surface area contributed by atoms with Gasteiger partial charge in [-0.15, -0.1) is 0 Å². The number of ether oxygens (including phenoxy) is 1. The first-order valence-corrected chi connectivity index (χ1v) is 9.58. The van der Waals surface area contributed by atoms with E-state index in [1.807, 2.05) is 71.7 Å². The monoisotopic (exact) mass is 394 g/mol. The lowest BCUT2D eigenvalue weighted by Gasteiger charge is -2.38. The van der Waals surface area contributed by atoms with E-state index in [0.29, 0.717) is 5.02 Å². The molecule has 5 rings (SSSR count). The van der Waals surface area contributed by atoms with E-state index in [2.05, 4.69) is 6.07 Å². The molecule has 2 aliphatic rings. The maximum Gasteiger partial charge on any atom is 0.215 e. The van der Waals surface area contributed by atoms with Gasteiger partial charge in [-0.25, -0.2) is 5.01 Å². The summed E-state index contributed by atoms with van der Waals surface area (Å²) in [6, 6.07) is 23.8. The van der Waals surface area contributed by atoms with Gasteiger partial charge in [0.15, 0.2) is 0 Å². The second-order valence-electron chi connectivity index (χ2n) is 6.68. The van der Waals surface area contributed by atoms with Gasteiger partial charge in [-0.3, -0.25) is 0 Å². The summed E-state index contributed by atoms with van der Waals surface area (Å²) in [6.45, 7) is 0. The average molecular weight is 395 g/mol. The zero-order chi connectivity index (χ0) is 18.4. The molecule has 2 atom stereocenters. The van der Waals surface area contributed by atoms with Gasteiger partial charge in [0, 0.05) is 27.6 Å². The van der Waals surface area contributed by atoms with Crippen molar-refractivity contribution in [2.24, 2.45) is 5.10 Å². The Kier molecular flexibility index (Phi) is 4.07. The van der Waals surface area contributed by atoms with Gasteiger partial charge in [0.2, 0.25) is 6.23 Å². The Balaban J connectivity index is 1.61. The van der Waals surface area contributed by atoms with Crippen molar-refractivity contribution in [3.63, 3.8) is 0 Å². The van der Waals surface area contributed by atoms with Gasteiger partial charge in [-0.1, -0.05) is 71.7 Å². The van der Waals surface area contributed by atoms with E-state index in [0.717, 1.165) is 39.6 Å². The van der Waals surface area contributed by atoms with Gasteiger partial charge >= 0.3 is 0 Å². The van der Waals surface area contributed by atoms with E-state index in [-0.39, 0.29) is 12.3 Å². The van der Waals surface area contributed by atoms with E-state index >= 15 is 0 Å². The zero-order valence-corrected chi connectivity index (χ0v) is 15.9. The molecule has 0 aromatic heterocycles. The molecule has 0 radical (unpaired) electrons. The van der Waals surface area contributed by atoms with Crippen molar-refractivity contribution in [1.29, 1.82) is 0 Å². The molecule has 3 aromatic rings. The minimum Gasteiger partial charge on any atom is -0.464 e. The maximum atomic E-state index is 6.48. The van der Waals surface area contributed by atoms with Crippen LogP contribution in [0.3, 0.4) is 0 Å². The second-order valence-corrected chi connectivity index (χ2v) is 7.53. The minimum absolute atomic E-state index is 0.113. The lowest BCUT2D eigenvalue weighted by Crippen LogP contribution is -2.33. The van der Waals surface area contributed by atoms with Crippen LogP contribution in [0.1, 0.15) is 35.4 Å². The molecule has 27 heavy (non-hydrogen) atoms. The van der Waals surface area contributed by atoms with Crippen molar-refractivity contribution >= 4 is 28.9 Å². The fourth-order valence-corrected chi connectivity index (χ4v) is 4.09. The van der Waals surface area contributed by atoms with Crippen LogP contribution >= 0.6 is 23.2 Å². The Labute approximate surface area is 167 Å². The van der Waals surface area contributed by atoms with Crippen LogP contribution in [-0.2, 0) is 0 Å². The normalized spacial score (nSPS) is 20.5. The number of hydrazone groups is 1. The summed E-state index contributed by atoms with van der Waals surface area (Å²) in [4.78, 5) is 0. The second kappa shape index (κ2) is 6.59. The number of rotatable bonds is 2. The summed E-state index contributed by atoms with van der Waals surface area (Å²) in [7, 11) is 0. The van der Waals surface area contributed by atoms with Crippen LogP contribution in [0, 0.1) is 0 Å². The van der Waals surface area contributed by atoms with Crippen molar-refractivity contribution in [2.75, 3.05) is 0 Å². The van der Waals surface area contributed by atoms with Gasteiger partial charge in [0.1, 0.15) is 5.75 Å². The van der Waals surface area contributed by atoms with Gasteiger partial charge in [-0.2, -0.15) is 5.10 Å². The van der Waals surface area contributed by atoms with Crippen LogP contribution in [-0.4, -0.2) is 10.7 Å². The molecule has 0 fully saturated rings. The quantitative estimate of drug-likeness (QED) is 0.513. The highest BCUT2D eigenvalue weighted by Crippen LogP contribution is 2.48. The third-order valence-corrected chi connectivity index (χ3v) is 5.64. The number of fused-ring (bicyclic) bond motifs is 3. The van der Waals surface area contributed by atoms with E-state index in [9.17, 15) is 0 Å². The average Bonchev–Trinajstić information content (AvgIpc) is 3.14. The summed E-state index contributed by atoms with van der Waals surface area (Å²) >= 11 is 12.5. The SMILES string of the molecule is Clc1ccc(C2=NN3[C@@H](c4ccccc4Cl)Oc4ccccc4[C@@H]3C2)cc1. The lowest BCUT2D eigenvalue weighted by atomic mass is 9.96. The van der Waals surface area contributed by atoms with Gasteiger partial charge in [0.25, 0.3) is 0 Å². The first-order chi connectivity index (χ1) is 13.2. The first-order valence-electron chi connectivity index (χ1n) is 8.82. The Morgan fingerprint density at radius 3 is 2.33 bits per heavy atom. The smallest absolute Gasteiger partial charge is 0.215 e. The van der Waals surface area contributed by atoms with E-state index in [1.165, 1.54) is 0 Å². The summed E-state index contributed by atoms with van der Waals surface area (Å²) in [5.41, 5.74) is 4.16. The molecular formula is C22H16Cl2N2O. The molecule has 0 bridgehead atoms. The molecule has 0 spiro atoms. The predicted octanol–water partition coefficient (Wildman–Crippen LogP) is 6.24. The molecule has 2 heterocycles. The Bertz CT molecular complexity index is 1030. The third-order valence-electron chi connectivity index (χ3n) is 5.05. The highest BCUT2D eigenvalue weighted by atomic mass is 35.5. The van der Waals surface area contributed by atoms with Crippen molar-refractivity contribution in [1.82, 2.24) is 5.01 Å². The molecule has 0 aliphatic carbocycles. The molecule has 134 valence electrons. The first kappa shape index (κ1) is 16.7. The zero-order valence-electron chi connectivity index (χ0n) is 14.3. The van der Waals surface area contributed by atoms with Crippen LogP contribution in [0.4, 0.5) is 0 Å².